The number of rotatable bonds is 5. The summed E-state index contributed by atoms with van der Waals surface area (Å²) in [6.07, 6.45) is 7.82. The molecule has 1 amide bonds. The molecule has 0 atom stereocenters. The smallest absolute Gasteiger partial charge is 0.277 e. The maximum Gasteiger partial charge on any atom is 0.277 e. The van der Waals surface area contributed by atoms with Crippen molar-refractivity contribution in [2.45, 2.75) is 25.8 Å². The largest absolute Gasteiger partial charge is 0.304 e. The highest BCUT2D eigenvalue weighted by Gasteiger charge is 2.19. The Morgan fingerprint density at radius 3 is 2.73 bits per heavy atom. The van der Waals surface area contributed by atoms with Crippen LogP contribution in [0.1, 0.15) is 35.3 Å². The molecule has 168 valence electrons. The van der Waals surface area contributed by atoms with Crippen LogP contribution in [0, 0.1) is 11.6 Å². The number of piperidine rings is 1. The van der Waals surface area contributed by atoms with E-state index in [-0.39, 0.29) is 17.1 Å². The van der Waals surface area contributed by atoms with Crippen molar-refractivity contribution in [1.82, 2.24) is 25.1 Å². The van der Waals surface area contributed by atoms with Crippen molar-refractivity contribution in [3.63, 3.8) is 0 Å². The fourth-order valence-electron chi connectivity index (χ4n) is 4.22. The highest BCUT2D eigenvalue weighted by atomic mass is 19.2. The van der Waals surface area contributed by atoms with E-state index in [4.69, 9.17) is 0 Å². The van der Waals surface area contributed by atoms with Gasteiger partial charge in [-0.2, -0.15) is 5.10 Å². The van der Waals surface area contributed by atoms with Crippen LogP contribution in [0.2, 0.25) is 0 Å². The van der Waals surface area contributed by atoms with Crippen LogP contribution in [0.5, 0.6) is 0 Å². The molecule has 1 fully saturated rings. The van der Waals surface area contributed by atoms with Crippen LogP contribution < -0.4 is 5.32 Å². The number of carbonyl (C=O) groups excluding carboxylic acids is 1. The Balaban J connectivity index is 1.48. The number of nitrogens with zero attached hydrogens (tertiary/aromatic N) is 4. The summed E-state index contributed by atoms with van der Waals surface area (Å²) >= 11 is 0. The average Bonchev–Trinajstić information content (AvgIpc) is 3.26. The zero-order chi connectivity index (χ0) is 22.8. The first kappa shape index (κ1) is 21.1. The SMILES string of the molecule is O=C(Nc1cnccn1)c1n[nH]c2ccc(-c3cc(CN4CCCCC4)cc(F)c3F)cc12. The lowest BCUT2D eigenvalue weighted by molar-refractivity contribution is 0.102. The van der Waals surface area contributed by atoms with Gasteiger partial charge in [-0.25, -0.2) is 13.8 Å². The molecule has 0 bridgehead atoms. The molecule has 0 unspecified atom stereocenters. The van der Waals surface area contributed by atoms with Crippen molar-refractivity contribution < 1.29 is 13.6 Å². The Bertz CT molecular complexity index is 1300. The van der Waals surface area contributed by atoms with Gasteiger partial charge in [0, 0.05) is 29.9 Å². The van der Waals surface area contributed by atoms with Gasteiger partial charge in [-0.1, -0.05) is 12.5 Å². The highest BCUT2D eigenvalue weighted by molar-refractivity contribution is 6.11. The first-order valence-electron chi connectivity index (χ1n) is 10.8. The minimum absolute atomic E-state index is 0.128. The third kappa shape index (κ3) is 4.45. The number of hydrogen-bond acceptors (Lipinski definition) is 5. The molecule has 7 nitrogen and oxygen atoms in total. The molecule has 0 saturated carbocycles. The Morgan fingerprint density at radius 2 is 1.94 bits per heavy atom. The van der Waals surface area contributed by atoms with E-state index < -0.39 is 17.5 Å². The Morgan fingerprint density at radius 1 is 1.09 bits per heavy atom. The molecule has 1 aliphatic heterocycles. The maximum absolute atomic E-state index is 14.8. The van der Waals surface area contributed by atoms with Gasteiger partial charge in [0.05, 0.1) is 11.7 Å². The molecule has 2 aromatic carbocycles. The third-order valence-electron chi connectivity index (χ3n) is 5.84. The number of anilines is 1. The van der Waals surface area contributed by atoms with Crippen LogP contribution in [0.3, 0.4) is 0 Å². The predicted molar refractivity (Wildman–Crippen MR) is 121 cm³/mol. The zero-order valence-electron chi connectivity index (χ0n) is 17.8. The standard InChI is InChI=1S/C24H22F2N6O/c25-19-11-15(14-32-8-2-1-3-9-32)10-17(22(19)26)16-4-5-20-18(12-16)23(31-30-20)24(33)29-21-13-27-6-7-28-21/h4-7,10-13H,1-3,8-9,14H2,(H,30,31)(H,28,29,33). The second-order valence-electron chi connectivity index (χ2n) is 8.15. The third-order valence-corrected chi connectivity index (χ3v) is 5.84. The number of aromatic nitrogens is 4. The summed E-state index contributed by atoms with van der Waals surface area (Å²) in [5, 5.41) is 10.0. The van der Waals surface area contributed by atoms with Gasteiger partial charge in [-0.05, 0) is 61.3 Å². The number of fused-ring (bicyclic) bond motifs is 1. The molecule has 0 spiro atoms. The van der Waals surface area contributed by atoms with Gasteiger partial charge in [0.25, 0.3) is 5.91 Å². The highest BCUT2D eigenvalue weighted by Crippen LogP contribution is 2.30. The molecule has 1 aliphatic rings. The number of benzene rings is 2. The van der Waals surface area contributed by atoms with Crippen LogP contribution in [0.15, 0.2) is 48.9 Å². The van der Waals surface area contributed by atoms with Crippen LogP contribution in [0.4, 0.5) is 14.6 Å². The van der Waals surface area contributed by atoms with Gasteiger partial charge < -0.3 is 5.32 Å². The van der Waals surface area contributed by atoms with Crippen molar-refractivity contribution in [2.75, 3.05) is 18.4 Å². The van der Waals surface area contributed by atoms with E-state index >= 15 is 0 Å². The minimum Gasteiger partial charge on any atom is -0.304 e. The van der Waals surface area contributed by atoms with E-state index in [0.29, 0.717) is 23.0 Å². The molecule has 1 saturated heterocycles. The molecular weight excluding hydrogens is 426 g/mol. The molecule has 2 aromatic heterocycles. The number of amides is 1. The van der Waals surface area contributed by atoms with E-state index in [0.717, 1.165) is 31.5 Å². The molecule has 2 N–H and O–H groups in total. The van der Waals surface area contributed by atoms with Crippen molar-refractivity contribution >= 4 is 22.6 Å². The first-order valence-corrected chi connectivity index (χ1v) is 10.8. The lowest BCUT2D eigenvalue weighted by Gasteiger charge is -2.26. The van der Waals surface area contributed by atoms with Crippen molar-refractivity contribution in [3.8, 4) is 11.1 Å². The summed E-state index contributed by atoms with van der Waals surface area (Å²) in [5.41, 5.74) is 2.08. The van der Waals surface area contributed by atoms with Gasteiger partial charge in [-0.15, -0.1) is 0 Å². The second-order valence-corrected chi connectivity index (χ2v) is 8.15. The predicted octanol–water partition coefficient (Wildman–Crippen LogP) is 4.54. The number of likely N-dealkylation sites (tertiary alicyclic amines) is 1. The van der Waals surface area contributed by atoms with E-state index in [2.05, 4.69) is 30.4 Å². The summed E-state index contributed by atoms with van der Waals surface area (Å²) in [5.74, 6) is -1.99. The summed E-state index contributed by atoms with van der Waals surface area (Å²) < 4.78 is 29.3. The van der Waals surface area contributed by atoms with Gasteiger partial charge in [0.15, 0.2) is 23.1 Å². The van der Waals surface area contributed by atoms with Gasteiger partial charge >= 0.3 is 0 Å². The number of carbonyl (C=O) groups is 1. The Kier molecular flexibility index (Phi) is 5.78. The molecule has 5 rings (SSSR count). The topological polar surface area (TPSA) is 86.8 Å². The van der Waals surface area contributed by atoms with Crippen molar-refractivity contribution in [1.29, 1.82) is 0 Å². The normalized spacial score (nSPS) is 14.5. The van der Waals surface area contributed by atoms with E-state index in [1.807, 2.05) is 0 Å². The summed E-state index contributed by atoms with van der Waals surface area (Å²) in [7, 11) is 0. The van der Waals surface area contributed by atoms with Gasteiger partial charge in [0.1, 0.15) is 0 Å². The molecule has 3 heterocycles. The minimum atomic E-state index is -0.911. The summed E-state index contributed by atoms with van der Waals surface area (Å²) in [6, 6.07) is 7.99. The van der Waals surface area contributed by atoms with Crippen molar-refractivity contribution in [2.24, 2.45) is 0 Å². The summed E-state index contributed by atoms with van der Waals surface area (Å²) in [6.45, 7) is 2.49. The molecule has 33 heavy (non-hydrogen) atoms. The van der Waals surface area contributed by atoms with E-state index in [1.165, 1.54) is 31.1 Å². The first-order chi connectivity index (χ1) is 16.1. The molecule has 0 radical (unpaired) electrons. The van der Waals surface area contributed by atoms with E-state index in [9.17, 15) is 13.6 Å². The number of hydrogen-bond donors (Lipinski definition) is 2. The van der Waals surface area contributed by atoms with Crippen LogP contribution in [0.25, 0.3) is 22.0 Å². The van der Waals surface area contributed by atoms with Crippen LogP contribution in [-0.2, 0) is 6.54 Å². The fourth-order valence-corrected chi connectivity index (χ4v) is 4.22. The fraction of sp³-hybridized carbons (Fsp3) is 0.250. The molecular formula is C24H22F2N6O. The zero-order valence-corrected chi connectivity index (χ0v) is 17.8. The number of halogens is 2. The summed E-state index contributed by atoms with van der Waals surface area (Å²) in [4.78, 5) is 22.9. The number of nitrogens with one attached hydrogen (secondary N) is 2. The molecule has 0 aliphatic carbocycles. The second kappa shape index (κ2) is 9.03. The quantitative estimate of drug-likeness (QED) is 0.468. The van der Waals surface area contributed by atoms with E-state index in [1.54, 1.807) is 24.3 Å². The van der Waals surface area contributed by atoms with Crippen LogP contribution >= 0.6 is 0 Å². The van der Waals surface area contributed by atoms with Crippen molar-refractivity contribution in [3.05, 3.63) is 71.8 Å². The average molecular weight is 448 g/mol. The van der Waals surface area contributed by atoms with Gasteiger partial charge in [-0.3, -0.25) is 19.8 Å². The monoisotopic (exact) mass is 448 g/mol. The number of H-pyrrole nitrogens is 1. The lowest BCUT2D eigenvalue weighted by atomic mass is 9.99. The molecule has 9 heteroatoms. The van der Waals surface area contributed by atoms with Crippen LogP contribution in [-0.4, -0.2) is 44.1 Å². The van der Waals surface area contributed by atoms with Gasteiger partial charge in [0.2, 0.25) is 0 Å². The number of aromatic amines is 1. The maximum atomic E-state index is 14.8. The Labute approximate surface area is 188 Å². The lowest BCUT2D eigenvalue weighted by Crippen LogP contribution is -2.29. The molecule has 4 aromatic rings. The Hall–Kier alpha value is -3.72.